The number of amides is 2. The molecule has 3 saturated carbocycles. The molecule has 7 rings (SSSR count). The van der Waals surface area contributed by atoms with E-state index in [1.165, 1.54) is 24.3 Å². The summed E-state index contributed by atoms with van der Waals surface area (Å²) in [4.78, 5) is 32.5. The summed E-state index contributed by atoms with van der Waals surface area (Å²) in [5.41, 5.74) is 4.48. The Balaban J connectivity index is 1.25. The van der Waals surface area contributed by atoms with Gasteiger partial charge in [0.15, 0.2) is 21.8 Å². The van der Waals surface area contributed by atoms with Crippen molar-refractivity contribution in [1.82, 2.24) is 15.5 Å². The Kier molecular flexibility index (Phi) is 8.81. The van der Waals surface area contributed by atoms with Crippen LogP contribution in [0.5, 0.6) is 5.75 Å². The van der Waals surface area contributed by atoms with Gasteiger partial charge in [-0.25, -0.2) is 12.8 Å². The lowest BCUT2D eigenvalue weighted by molar-refractivity contribution is -0.189. The van der Waals surface area contributed by atoms with Crippen molar-refractivity contribution in [3.05, 3.63) is 65.1 Å². The van der Waals surface area contributed by atoms with Crippen LogP contribution >= 0.6 is 0 Å². The number of nitrogens with zero attached hydrogens (tertiary/aromatic N) is 3. The summed E-state index contributed by atoms with van der Waals surface area (Å²) < 4.78 is 91.7. The Morgan fingerprint density at radius 3 is 2.28 bits per heavy atom. The fraction of sp³-hybridized carbons (Fsp3) is 0.529. The van der Waals surface area contributed by atoms with Crippen LogP contribution in [0.2, 0.25) is 0 Å². The Morgan fingerprint density at radius 2 is 1.72 bits per heavy atom. The molecule has 270 valence electrons. The van der Waals surface area contributed by atoms with Gasteiger partial charge in [-0.15, -0.1) is 0 Å². The number of rotatable bonds is 7. The molecule has 2 atom stereocenters. The molecule has 16 heteroatoms. The second kappa shape index (κ2) is 12.3. The van der Waals surface area contributed by atoms with Crippen LogP contribution in [-0.4, -0.2) is 60.0 Å². The molecule has 4 aliphatic rings. The number of hydrogen-bond donors (Lipinski definition) is 2. The van der Waals surface area contributed by atoms with Crippen molar-refractivity contribution < 1.29 is 44.8 Å². The second-order valence-electron chi connectivity index (χ2n) is 14.7. The van der Waals surface area contributed by atoms with E-state index in [1.54, 1.807) is 0 Å². The van der Waals surface area contributed by atoms with E-state index in [0.29, 0.717) is 55.8 Å². The first kappa shape index (κ1) is 35.8. The predicted molar refractivity (Wildman–Crippen MR) is 173 cm³/mol. The summed E-state index contributed by atoms with van der Waals surface area (Å²) in [6, 6.07) is 5.68. The van der Waals surface area contributed by atoms with Gasteiger partial charge in [-0.1, -0.05) is 38.1 Å². The van der Waals surface area contributed by atoms with Gasteiger partial charge in [-0.3, -0.25) is 9.59 Å². The molecule has 3 aromatic rings. The van der Waals surface area contributed by atoms with E-state index < -0.39 is 67.5 Å². The molecule has 3 fully saturated rings. The topological polar surface area (TPSA) is 158 Å². The van der Waals surface area contributed by atoms with Gasteiger partial charge in [-0.05, 0) is 75.3 Å². The van der Waals surface area contributed by atoms with Crippen molar-refractivity contribution in [3.63, 3.8) is 0 Å². The number of alkyl halides is 3. The zero-order valence-electron chi connectivity index (χ0n) is 28.1. The van der Waals surface area contributed by atoms with Crippen LogP contribution in [0.4, 0.5) is 23.2 Å². The first-order valence-electron chi connectivity index (χ1n) is 16.3. The van der Waals surface area contributed by atoms with Gasteiger partial charge in [0.1, 0.15) is 11.6 Å². The number of hydrogen-bond acceptors (Lipinski definition) is 9. The molecule has 0 spiro atoms. The van der Waals surface area contributed by atoms with Gasteiger partial charge in [-0.2, -0.15) is 18.2 Å². The fourth-order valence-corrected chi connectivity index (χ4v) is 8.50. The number of ether oxygens (including phenoxy) is 1. The number of fused-ring (bicyclic) bond motifs is 4. The highest BCUT2D eigenvalue weighted by molar-refractivity contribution is 7.91. The van der Waals surface area contributed by atoms with Crippen molar-refractivity contribution >= 4 is 27.3 Å². The minimum atomic E-state index is -4.58. The van der Waals surface area contributed by atoms with Crippen LogP contribution in [0.25, 0.3) is 0 Å². The van der Waals surface area contributed by atoms with Crippen molar-refractivity contribution in [2.75, 3.05) is 10.7 Å². The normalized spacial score (nSPS) is 25.5. The molecule has 2 aromatic carbocycles. The van der Waals surface area contributed by atoms with E-state index >= 15 is 4.39 Å². The third-order valence-corrected chi connectivity index (χ3v) is 11.9. The summed E-state index contributed by atoms with van der Waals surface area (Å²) in [5, 5.41) is 7.20. The van der Waals surface area contributed by atoms with E-state index in [1.807, 2.05) is 20.8 Å². The molecule has 1 aliphatic heterocycles. The number of aromatic nitrogens is 2. The Bertz CT molecular complexity index is 1900. The maximum atomic E-state index is 15.7. The van der Waals surface area contributed by atoms with Crippen molar-refractivity contribution in [3.8, 4) is 5.75 Å². The standard InChI is InChI=1S/C34H39F4N5O6S/c1-19(34(36,37)38)48-21-7-5-20(6-8-21)17-43-25-15-22(23(35)16-26(25)50(46,47)18-24(39)28(43)45)27(44)41-33-12-9-32(10-13-33,11-14-33)30-40-29(42-49-30)31(2,3)4/h5-8,15-16,19,24H,9-14,17-18,39H2,1-4H3,(H,41,44)/t19-,24+,32?,33?/m1/s1. The van der Waals surface area contributed by atoms with Crippen molar-refractivity contribution in [2.45, 2.75) is 112 Å². The van der Waals surface area contributed by atoms with Gasteiger partial charge in [0.05, 0.1) is 34.5 Å². The van der Waals surface area contributed by atoms with Gasteiger partial charge in [0.2, 0.25) is 11.8 Å². The number of nitrogens with two attached hydrogens (primary N) is 1. The maximum absolute atomic E-state index is 15.7. The monoisotopic (exact) mass is 721 g/mol. The second-order valence-corrected chi connectivity index (χ2v) is 16.7. The number of carbonyl (C=O) groups excluding carboxylic acids is 2. The van der Waals surface area contributed by atoms with Crippen LogP contribution in [-0.2, 0) is 32.0 Å². The molecule has 2 heterocycles. The van der Waals surface area contributed by atoms with Crippen molar-refractivity contribution in [1.29, 1.82) is 0 Å². The summed E-state index contributed by atoms with van der Waals surface area (Å²) in [6.45, 7) is 6.60. The lowest BCUT2D eigenvalue weighted by Crippen LogP contribution is -2.58. The number of anilines is 1. The van der Waals surface area contributed by atoms with Crippen molar-refractivity contribution in [2.24, 2.45) is 5.73 Å². The lowest BCUT2D eigenvalue weighted by Gasteiger charge is -2.52. The Morgan fingerprint density at radius 1 is 1.10 bits per heavy atom. The van der Waals surface area contributed by atoms with Gasteiger partial charge >= 0.3 is 6.18 Å². The first-order valence-corrected chi connectivity index (χ1v) is 18.0. The van der Waals surface area contributed by atoms with Gasteiger partial charge in [0, 0.05) is 16.4 Å². The SMILES string of the molecule is C[C@@H](Oc1ccc(CN2C(=O)[C@@H](N)CS(=O)(=O)c3cc(F)c(C(=O)NC45CCC(c6nc(C(C)(C)C)no6)(CC4)CC5)cc32)cc1)C(F)(F)F. The molecule has 2 amide bonds. The first-order chi connectivity index (χ1) is 23.2. The zero-order valence-corrected chi connectivity index (χ0v) is 28.9. The van der Waals surface area contributed by atoms with E-state index in [2.05, 4.69) is 10.5 Å². The molecule has 3 N–H and O–H groups in total. The summed E-state index contributed by atoms with van der Waals surface area (Å²) >= 11 is 0. The molecule has 1 aromatic heterocycles. The molecule has 50 heavy (non-hydrogen) atoms. The minimum Gasteiger partial charge on any atom is -0.481 e. The lowest BCUT2D eigenvalue weighted by atomic mass is 9.57. The van der Waals surface area contributed by atoms with E-state index in [0.717, 1.165) is 24.0 Å². The molecule has 0 saturated heterocycles. The zero-order chi connectivity index (χ0) is 36.4. The quantitative estimate of drug-likeness (QED) is 0.311. The van der Waals surface area contributed by atoms with E-state index in [-0.39, 0.29) is 28.8 Å². The van der Waals surface area contributed by atoms with Crippen LogP contribution in [0.15, 0.2) is 45.8 Å². The molecule has 11 nitrogen and oxygen atoms in total. The third-order valence-electron chi connectivity index (χ3n) is 10.1. The van der Waals surface area contributed by atoms with Gasteiger partial charge in [0.25, 0.3) is 5.91 Å². The largest absolute Gasteiger partial charge is 0.481 e. The minimum absolute atomic E-state index is 0.0738. The van der Waals surface area contributed by atoms with Crippen LogP contribution in [0.3, 0.4) is 0 Å². The number of nitrogens with one attached hydrogen (secondary N) is 1. The summed E-state index contributed by atoms with van der Waals surface area (Å²) in [6.07, 6.45) is -2.90. The Hall–Kier alpha value is -4.05. The van der Waals surface area contributed by atoms with Crippen LogP contribution in [0, 0.1) is 5.82 Å². The molecular formula is C34H39F4N5O6S. The highest BCUT2D eigenvalue weighted by atomic mass is 32.2. The average Bonchev–Trinajstić information content (AvgIpc) is 3.55. The average molecular weight is 722 g/mol. The number of halogens is 4. The Labute approximate surface area is 286 Å². The van der Waals surface area contributed by atoms with Gasteiger partial charge < -0.3 is 25.2 Å². The third kappa shape index (κ3) is 6.71. The van der Waals surface area contributed by atoms with Crippen LogP contribution < -0.4 is 20.7 Å². The smallest absolute Gasteiger partial charge is 0.425 e. The highest BCUT2D eigenvalue weighted by Gasteiger charge is 2.53. The number of benzene rings is 2. The van der Waals surface area contributed by atoms with E-state index in [4.69, 9.17) is 20.0 Å². The molecule has 3 aliphatic carbocycles. The molecular weight excluding hydrogens is 682 g/mol. The predicted octanol–water partition coefficient (Wildman–Crippen LogP) is 5.26. The highest BCUT2D eigenvalue weighted by Crippen LogP contribution is 2.53. The molecule has 2 bridgehead atoms. The van der Waals surface area contributed by atoms with Crippen LogP contribution in [0.1, 0.15) is 93.9 Å². The molecule has 0 radical (unpaired) electrons. The summed E-state index contributed by atoms with van der Waals surface area (Å²) in [5.74, 6) is -2.28. The number of sulfone groups is 1. The summed E-state index contributed by atoms with van der Waals surface area (Å²) in [7, 11) is -4.27. The molecule has 0 unspecified atom stereocenters. The fourth-order valence-electron chi connectivity index (χ4n) is 6.93. The van der Waals surface area contributed by atoms with E-state index in [9.17, 15) is 31.2 Å². The maximum Gasteiger partial charge on any atom is 0.425 e. The number of carbonyl (C=O) groups is 2.